The van der Waals surface area contributed by atoms with Gasteiger partial charge in [-0.2, -0.15) is 10.4 Å². The molecule has 2 rings (SSSR count). The summed E-state index contributed by atoms with van der Waals surface area (Å²) in [5.41, 5.74) is 0.373. The first-order chi connectivity index (χ1) is 9.93. The fourth-order valence-corrected chi connectivity index (χ4v) is 2.41. The number of hydrogen-bond donors (Lipinski definition) is 1. The highest BCUT2D eigenvalue weighted by Crippen LogP contribution is 2.22. The molecule has 0 saturated carbocycles. The summed E-state index contributed by atoms with van der Waals surface area (Å²) in [5, 5.41) is 26.2. The number of aromatic nitrogens is 2. The van der Waals surface area contributed by atoms with Crippen LogP contribution in [-0.4, -0.2) is 20.6 Å². The summed E-state index contributed by atoms with van der Waals surface area (Å²) in [4.78, 5) is 22.3. The van der Waals surface area contributed by atoms with Crippen molar-refractivity contribution in [2.24, 2.45) is 7.05 Å². The van der Waals surface area contributed by atoms with Gasteiger partial charge in [-0.1, -0.05) is 0 Å². The van der Waals surface area contributed by atoms with Gasteiger partial charge in [0.05, 0.1) is 25.9 Å². The molecule has 0 aliphatic carbocycles. The van der Waals surface area contributed by atoms with E-state index in [1.165, 1.54) is 23.0 Å². The van der Waals surface area contributed by atoms with Crippen LogP contribution >= 0.6 is 22.6 Å². The standard InChI is InChI=1S/C12H8IN5O3/c1-17-11(9(13)6-15-17)12(19)16-10-3-2-8(18(20)21)4-7(10)5-14/h2-4,6H,1H3,(H,16,19). The lowest BCUT2D eigenvalue weighted by Crippen LogP contribution is -2.18. The Hall–Kier alpha value is -2.48. The van der Waals surface area contributed by atoms with Gasteiger partial charge in [-0.3, -0.25) is 19.6 Å². The van der Waals surface area contributed by atoms with Crippen molar-refractivity contribution in [3.8, 4) is 6.07 Å². The number of nitriles is 1. The Labute approximate surface area is 132 Å². The van der Waals surface area contributed by atoms with E-state index in [2.05, 4.69) is 10.4 Å². The fourth-order valence-electron chi connectivity index (χ4n) is 1.69. The monoisotopic (exact) mass is 397 g/mol. The number of amides is 1. The Bertz CT molecular complexity index is 758. The number of halogens is 1. The summed E-state index contributed by atoms with van der Waals surface area (Å²) < 4.78 is 2.07. The number of nitrogens with one attached hydrogen (secondary N) is 1. The first-order valence-electron chi connectivity index (χ1n) is 5.61. The molecule has 1 aromatic heterocycles. The summed E-state index contributed by atoms with van der Waals surface area (Å²) in [7, 11) is 1.62. The predicted molar refractivity (Wildman–Crippen MR) is 81.7 cm³/mol. The third kappa shape index (κ3) is 3.00. The number of carbonyl (C=O) groups is 1. The Morgan fingerprint density at radius 2 is 2.29 bits per heavy atom. The zero-order valence-electron chi connectivity index (χ0n) is 10.7. The normalized spacial score (nSPS) is 9.95. The average molecular weight is 397 g/mol. The molecule has 106 valence electrons. The summed E-state index contributed by atoms with van der Waals surface area (Å²) in [5.74, 6) is -0.440. The molecular formula is C12H8IN5O3. The molecule has 2 aromatic rings. The van der Waals surface area contributed by atoms with Gasteiger partial charge >= 0.3 is 0 Å². The van der Waals surface area contributed by atoms with Crippen molar-refractivity contribution in [3.63, 3.8) is 0 Å². The van der Waals surface area contributed by atoms with Crippen molar-refractivity contribution in [3.05, 3.63) is 49.3 Å². The molecule has 1 heterocycles. The molecule has 0 aliphatic rings. The molecule has 0 spiro atoms. The minimum atomic E-state index is -0.601. The summed E-state index contributed by atoms with van der Waals surface area (Å²) in [6.07, 6.45) is 1.54. The van der Waals surface area contributed by atoms with E-state index in [1.54, 1.807) is 7.05 Å². The van der Waals surface area contributed by atoms with Crippen LogP contribution in [0.4, 0.5) is 11.4 Å². The lowest BCUT2D eigenvalue weighted by atomic mass is 10.1. The predicted octanol–water partition coefficient (Wildman–Crippen LogP) is 2.06. The van der Waals surface area contributed by atoms with E-state index in [0.29, 0.717) is 9.26 Å². The van der Waals surface area contributed by atoms with Crippen molar-refractivity contribution in [2.45, 2.75) is 0 Å². The second kappa shape index (κ2) is 5.88. The van der Waals surface area contributed by atoms with Crippen LogP contribution in [0.5, 0.6) is 0 Å². The van der Waals surface area contributed by atoms with Gasteiger partial charge in [0.25, 0.3) is 11.6 Å². The number of nitro benzene ring substituents is 1. The number of anilines is 1. The van der Waals surface area contributed by atoms with Crippen molar-refractivity contribution in [2.75, 3.05) is 5.32 Å². The van der Waals surface area contributed by atoms with Crippen LogP contribution in [0.15, 0.2) is 24.4 Å². The molecule has 0 bridgehead atoms. The van der Waals surface area contributed by atoms with Crippen molar-refractivity contribution >= 4 is 39.9 Å². The highest BCUT2D eigenvalue weighted by Gasteiger charge is 2.18. The first-order valence-corrected chi connectivity index (χ1v) is 6.69. The molecule has 0 fully saturated rings. The summed E-state index contributed by atoms with van der Waals surface area (Å²) >= 11 is 1.97. The Kier molecular flexibility index (Phi) is 4.18. The number of hydrogen-bond acceptors (Lipinski definition) is 5. The summed E-state index contributed by atoms with van der Waals surface area (Å²) in [6, 6.07) is 5.50. The zero-order chi connectivity index (χ0) is 15.6. The molecule has 0 saturated heterocycles. The van der Waals surface area contributed by atoms with Gasteiger partial charge in [0, 0.05) is 19.2 Å². The molecular weight excluding hydrogens is 389 g/mol. The zero-order valence-corrected chi connectivity index (χ0v) is 12.9. The van der Waals surface area contributed by atoms with E-state index >= 15 is 0 Å². The highest BCUT2D eigenvalue weighted by atomic mass is 127. The third-order valence-corrected chi connectivity index (χ3v) is 3.48. The number of nitro groups is 1. The third-order valence-electron chi connectivity index (χ3n) is 2.69. The molecule has 1 amide bonds. The lowest BCUT2D eigenvalue weighted by Gasteiger charge is -2.07. The van der Waals surface area contributed by atoms with E-state index in [9.17, 15) is 14.9 Å². The van der Waals surface area contributed by atoms with E-state index < -0.39 is 10.8 Å². The van der Waals surface area contributed by atoms with Gasteiger partial charge in [0.2, 0.25) is 0 Å². The Balaban J connectivity index is 2.34. The second-order valence-corrected chi connectivity index (χ2v) is 5.18. The molecule has 21 heavy (non-hydrogen) atoms. The van der Waals surface area contributed by atoms with Gasteiger partial charge < -0.3 is 5.32 Å². The number of carbonyl (C=O) groups excluding carboxylic acids is 1. The maximum atomic E-state index is 12.2. The van der Waals surface area contributed by atoms with Crippen LogP contribution in [0, 0.1) is 25.0 Å². The van der Waals surface area contributed by atoms with Gasteiger partial charge in [0.1, 0.15) is 11.8 Å². The van der Waals surface area contributed by atoms with Crippen LogP contribution < -0.4 is 5.32 Å². The van der Waals surface area contributed by atoms with Crippen LogP contribution in [0.2, 0.25) is 0 Å². The maximum absolute atomic E-state index is 12.2. The van der Waals surface area contributed by atoms with Gasteiger partial charge in [-0.05, 0) is 28.7 Å². The Morgan fingerprint density at radius 3 is 2.81 bits per heavy atom. The molecule has 8 nitrogen and oxygen atoms in total. The van der Waals surface area contributed by atoms with Crippen molar-refractivity contribution in [1.29, 1.82) is 5.26 Å². The van der Waals surface area contributed by atoms with Crippen LogP contribution in [0.1, 0.15) is 16.1 Å². The van der Waals surface area contributed by atoms with Gasteiger partial charge in [-0.15, -0.1) is 0 Å². The number of nitrogens with zero attached hydrogens (tertiary/aromatic N) is 4. The van der Waals surface area contributed by atoms with Gasteiger partial charge in [0.15, 0.2) is 0 Å². The largest absolute Gasteiger partial charge is 0.319 e. The molecule has 1 N–H and O–H groups in total. The molecule has 9 heteroatoms. The molecule has 0 unspecified atom stereocenters. The quantitative estimate of drug-likeness (QED) is 0.484. The highest BCUT2D eigenvalue weighted by molar-refractivity contribution is 14.1. The molecule has 1 aromatic carbocycles. The van der Waals surface area contributed by atoms with Crippen molar-refractivity contribution < 1.29 is 9.72 Å². The van der Waals surface area contributed by atoms with E-state index in [1.807, 2.05) is 28.7 Å². The topological polar surface area (TPSA) is 114 Å². The SMILES string of the molecule is Cn1ncc(I)c1C(=O)Nc1ccc([N+](=O)[O-])cc1C#N. The van der Waals surface area contributed by atoms with E-state index in [0.717, 1.165) is 6.07 Å². The van der Waals surface area contributed by atoms with Crippen molar-refractivity contribution in [1.82, 2.24) is 9.78 Å². The first kappa shape index (κ1) is 14.9. The number of benzene rings is 1. The molecule has 0 aliphatic heterocycles. The summed E-state index contributed by atoms with van der Waals surface area (Å²) in [6.45, 7) is 0. The minimum Gasteiger partial charge on any atom is -0.319 e. The Morgan fingerprint density at radius 1 is 1.57 bits per heavy atom. The van der Waals surface area contributed by atoms with Gasteiger partial charge in [-0.25, -0.2) is 0 Å². The van der Waals surface area contributed by atoms with E-state index in [4.69, 9.17) is 5.26 Å². The molecule has 0 atom stereocenters. The second-order valence-electron chi connectivity index (χ2n) is 4.02. The average Bonchev–Trinajstić information content (AvgIpc) is 2.78. The number of non-ortho nitro benzene ring substituents is 1. The smallest absolute Gasteiger partial charge is 0.275 e. The fraction of sp³-hybridized carbons (Fsp3) is 0.0833. The lowest BCUT2D eigenvalue weighted by molar-refractivity contribution is -0.384. The van der Waals surface area contributed by atoms with E-state index in [-0.39, 0.29) is 16.9 Å². The van der Waals surface area contributed by atoms with Crippen LogP contribution in [-0.2, 0) is 7.05 Å². The molecule has 0 radical (unpaired) electrons. The van der Waals surface area contributed by atoms with Crippen LogP contribution in [0.3, 0.4) is 0 Å². The minimum absolute atomic E-state index is 0.0229. The maximum Gasteiger partial charge on any atom is 0.275 e. The number of rotatable bonds is 3. The van der Waals surface area contributed by atoms with Crippen LogP contribution in [0.25, 0.3) is 0 Å². The number of aryl methyl sites for hydroxylation is 1.